The van der Waals surface area contributed by atoms with Gasteiger partial charge in [-0.25, -0.2) is 4.98 Å². The van der Waals surface area contributed by atoms with Crippen LogP contribution in [0.25, 0.3) is 4.96 Å². The largest absolute Gasteiger partial charge is 0.396 e. The highest BCUT2D eigenvalue weighted by atomic mass is 32.1. The molecule has 0 spiro atoms. The summed E-state index contributed by atoms with van der Waals surface area (Å²) < 4.78 is 1.39. The first-order valence-corrected chi connectivity index (χ1v) is 8.17. The van der Waals surface area contributed by atoms with E-state index in [9.17, 15) is 4.79 Å². The van der Waals surface area contributed by atoms with Crippen molar-refractivity contribution in [3.63, 3.8) is 0 Å². The van der Waals surface area contributed by atoms with Crippen molar-refractivity contribution in [2.45, 2.75) is 32.7 Å². The first kappa shape index (κ1) is 14.6. The van der Waals surface area contributed by atoms with Crippen LogP contribution in [0.3, 0.4) is 0 Å². The lowest BCUT2D eigenvalue weighted by Gasteiger charge is -2.31. The van der Waals surface area contributed by atoms with Gasteiger partial charge in [0.05, 0.1) is 6.54 Å². The molecule has 3 rings (SSSR count). The van der Waals surface area contributed by atoms with Crippen molar-refractivity contribution in [1.82, 2.24) is 19.5 Å². The van der Waals surface area contributed by atoms with Gasteiger partial charge in [-0.15, -0.1) is 0 Å². The zero-order valence-corrected chi connectivity index (χ0v) is 13.0. The van der Waals surface area contributed by atoms with E-state index in [1.807, 2.05) is 6.92 Å². The van der Waals surface area contributed by atoms with Gasteiger partial charge in [0.15, 0.2) is 0 Å². The summed E-state index contributed by atoms with van der Waals surface area (Å²) in [7, 11) is 0. The van der Waals surface area contributed by atoms with Crippen molar-refractivity contribution in [2.75, 3.05) is 19.7 Å². The lowest BCUT2D eigenvalue weighted by molar-refractivity contribution is 0.142. The summed E-state index contributed by atoms with van der Waals surface area (Å²) in [6.07, 6.45) is 3.22. The molecule has 1 atom stereocenters. The molecule has 0 aliphatic carbocycles. The van der Waals surface area contributed by atoms with Gasteiger partial charge in [-0.05, 0) is 38.6 Å². The van der Waals surface area contributed by atoms with Gasteiger partial charge in [-0.2, -0.15) is 9.61 Å². The molecule has 3 heterocycles. The number of hydrogen-bond donors (Lipinski definition) is 1. The minimum Gasteiger partial charge on any atom is -0.396 e. The summed E-state index contributed by atoms with van der Waals surface area (Å²) in [5.41, 5.74) is 0.619. The van der Waals surface area contributed by atoms with Gasteiger partial charge in [0.2, 0.25) is 4.96 Å². The van der Waals surface area contributed by atoms with Gasteiger partial charge in [0.25, 0.3) is 5.56 Å². The van der Waals surface area contributed by atoms with Gasteiger partial charge in [-0.3, -0.25) is 9.69 Å². The van der Waals surface area contributed by atoms with Crippen LogP contribution in [0.2, 0.25) is 0 Å². The van der Waals surface area contributed by atoms with Crippen LogP contribution < -0.4 is 5.56 Å². The van der Waals surface area contributed by atoms with Crippen molar-refractivity contribution in [3.05, 3.63) is 27.1 Å². The number of rotatable bonds is 4. The third kappa shape index (κ3) is 3.30. The molecule has 21 heavy (non-hydrogen) atoms. The van der Waals surface area contributed by atoms with Crippen LogP contribution >= 0.6 is 11.3 Å². The van der Waals surface area contributed by atoms with E-state index in [4.69, 9.17) is 5.11 Å². The number of fused-ring (bicyclic) bond motifs is 1. The highest BCUT2D eigenvalue weighted by Gasteiger charge is 2.20. The monoisotopic (exact) mass is 308 g/mol. The molecule has 7 heteroatoms. The van der Waals surface area contributed by atoms with E-state index in [-0.39, 0.29) is 12.2 Å². The number of aliphatic hydroxyl groups is 1. The fourth-order valence-electron chi connectivity index (χ4n) is 2.93. The summed E-state index contributed by atoms with van der Waals surface area (Å²) in [5.74, 6) is 0.571. The topological polar surface area (TPSA) is 70.7 Å². The Morgan fingerprint density at radius 2 is 2.38 bits per heavy atom. The lowest BCUT2D eigenvalue weighted by Crippen LogP contribution is -2.35. The lowest BCUT2D eigenvalue weighted by atomic mass is 9.95. The summed E-state index contributed by atoms with van der Waals surface area (Å²) in [6, 6.07) is 1.51. The highest BCUT2D eigenvalue weighted by Crippen LogP contribution is 2.22. The Hall–Kier alpha value is -1.31. The van der Waals surface area contributed by atoms with Crippen LogP contribution in [0.5, 0.6) is 0 Å². The predicted octanol–water partition coefficient (Wildman–Crippen LogP) is 1.05. The van der Waals surface area contributed by atoms with E-state index in [0.29, 0.717) is 10.9 Å². The average molecular weight is 308 g/mol. The number of nitrogens with zero attached hydrogens (tertiary/aromatic N) is 4. The van der Waals surface area contributed by atoms with E-state index in [0.717, 1.165) is 43.2 Å². The van der Waals surface area contributed by atoms with E-state index in [1.54, 1.807) is 0 Å². The summed E-state index contributed by atoms with van der Waals surface area (Å²) in [6.45, 7) is 4.90. The number of aryl methyl sites for hydroxylation is 1. The van der Waals surface area contributed by atoms with Crippen molar-refractivity contribution in [3.8, 4) is 0 Å². The van der Waals surface area contributed by atoms with Crippen LogP contribution in [-0.2, 0) is 6.54 Å². The molecule has 0 bridgehead atoms. The minimum atomic E-state index is -0.114. The minimum absolute atomic E-state index is 0.114. The average Bonchev–Trinajstić information content (AvgIpc) is 2.82. The maximum atomic E-state index is 11.9. The van der Waals surface area contributed by atoms with E-state index in [1.165, 1.54) is 28.3 Å². The fourth-order valence-corrected chi connectivity index (χ4v) is 3.92. The zero-order chi connectivity index (χ0) is 14.8. The molecule has 1 N–H and O–H groups in total. The van der Waals surface area contributed by atoms with Gasteiger partial charge in [0.1, 0.15) is 5.01 Å². The second kappa shape index (κ2) is 6.21. The molecule has 2 aromatic rings. The Kier molecular flexibility index (Phi) is 4.32. The third-order valence-electron chi connectivity index (χ3n) is 3.91. The molecule has 1 fully saturated rings. The number of likely N-dealkylation sites (tertiary alicyclic amines) is 1. The van der Waals surface area contributed by atoms with Gasteiger partial charge in [-0.1, -0.05) is 11.3 Å². The summed E-state index contributed by atoms with van der Waals surface area (Å²) in [4.78, 5) is 19.3. The molecule has 0 aromatic carbocycles. The van der Waals surface area contributed by atoms with E-state index >= 15 is 0 Å². The van der Waals surface area contributed by atoms with Crippen molar-refractivity contribution < 1.29 is 5.11 Å². The maximum Gasteiger partial charge on any atom is 0.275 e. The summed E-state index contributed by atoms with van der Waals surface area (Å²) in [5, 5.41) is 14.4. The third-order valence-corrected chi connectivity index (χ3v) is 4.81. The first-order chi connectivity index (χ1) is 10.2. The van der Waals surface area contributed by atoms with Crippen molar-refractivity contribution in [2.24, 2.45) is 5.92 Å². The van der Waals surface area contributed by atoms with Crippen molar-refractivity contribution >= 4 is 16.3 Å². The Morgan fingerprint density at radius 1 is 1.52 bits per heavy atom. The van der Waals surface area contributed by atoms with Crippen LogP contribution in [0, 0.1) is 12.8 Å². The molecule has 0 saturated carbocycles. The molecule has 1 unspecified atom stereocenters. The SMILES string of the molecule is Cc1cc(=O)n2nc(CN3CCCC(CCO)C3)sc2n1. The van der Waals surface area contributed by atoms with Gasteiger partial charge < -0.3 is 5.11 Å². The second-order valence-electron chi connectivity index (χ2n) is 5.68. The predicted molar refractivity (Wildman–Crippen MR) is 81.6 cm³/mol. The van der Waals surface area contributed by atoms with Crippen LogP contribution in [0.4, 0.5) is 0 Å². The van der Waals surface area contributed by atoms with E-state index in [2.05, 4.69) is 15.0 Å². The van der Waals surface area contributed by atoms with Crippen LogP contribution in [0.15, 0.2) is 10.9 Å². The number of aliphatic hydroxyl groups excluding tert-OH is 1. The van der Waals surface area contributed by atoms with Crippen LogP contribution in [0.1, 0.15) is 30.0 Å². The quantitative estimate of drug-likeness (QED) is 0.914. The molecular formula is C14H20N4O2S. The Labute approximate surface area is 127 Å². The number of aromatic nitrogens is 3. The Bertz CT molecular complexity index is 679. The fraction of sp³-hybridized carbons (Fsp3) is 0.643. The number of hydrogen-bond acceptors (Lipinski definition) is 6. The van der Waals surface area contributed by atoms with Crippen LogP contribution in [-0.4, -0.2) is 44.3 Å². The zero-order valence-electron chi connectivity index (χ0n) is 12.2. The molecule has 6 nitrogen and oxygen atoms in total. The standard InChI is InChI=1S/C14H20N4O2S/c1-10-7-13(20)18-14(15-10)21-12(16-18)9-17-5-2-3-11(8-17)4-6-19/h7,11,19H,2-6,8-9H2,1H3. The molecule has 1 aliphatic heterocycles. The summed E-state index contributed by atoms with van der Waals surface area (Å²) >= 11 is 1.48. The molecule has 0 amide bonds. The first-order valence-electron chi connectivity index (χ1n) is 7.35. The number of piperidine rings is 1. The second-order valence-corrected chi connectivity index (χ2v) is 6.72. The highest BCUT2D eigenvalue weighted by molar-refractivity contribution is 7.16. The molecule has 114 valence electrons. The molecule has 1 saturated heterocycles. The van der Waals surface area contributed by atoms with Crippen molar-refractivity contribution in [1.29, 1.82) is 0 Å². The molecule has 2 aromatic heterocycles. The van der Waals surface area contributed by atoms with E-state index < -0.39 is 0 Å². The smallest absolute Gasteiger partial charge is 0.275 e. The maximum absolute atomic E-state index is 11.9. The Morgan fingerprint density at radius 3 is 3.19 bits per heavy atom. The molecular weight excluding hydrogens is 288 g/mol. The van der Waals surface area contributed by atoms with Gasteiger partial charge in [0, 0.05) is 24.9 Å². The molecule has 0 radical (unpaired) electrons. The van der Waals surface area contributed by atoms with Gasteiger partial charge >= 0.3 is 0 Å². The Balaban J connectivity index is 1.75. The normalized spacial score (nSPS) is 20.2. The molecule has 1 aliphatic rings.